The van der Waals surface area contributed by atoms with E-state index in [-0.39, 0.29) is 29.1 Å². The van der Waals surface area contributed by atoms with E-state index >= 15 is 0 Å². The highest BCUT2D eigenvalue weighted by molar-refractivity contribution is 9.10. The standard InChI is InChI=1S/C24H24BrN3O4/c1-2-32-23(31)19-18-20(22(30)27(21(18)29)17-5-3-16(25)4-6-17)28(26-19)24-10-13-7-14(11-24)9-15(8-13)12-24/h3-6,13-15H,2,7-12H2,1H3. The Balaban J connectivity index is 1.51. The summed E-state index contributed by atoms with van der Waals surface area (Å²) < 4.78 is 7.85. The van der Waals surface area contributed by atoms with Crippen molar-refractivity contribution in [1.82, 2.24) is 9.78 Å². The Hall–Kier alpha value is -2.48. The van der Waals surface area contributed by atoms with Crippen molar-refractivity contribution >= 4 is 39.4 Å². The molecule has 4 bridgehead atoms. The van der Waals surface area contributed by atoms with Crippen molar-refractivity contribution < 1.29 is 19.1 Å². The van der Waals surface area contributed by atoms with Crippen LogP contribution in [0.3, 0.4) is 0 Å². The molecule has 5 aliphatic rings. The number of rotatable bonds is 4. The number of amides is 2. The molecule has 0 spiro atoms. The average Bonchev–Trinajstić information content (AvgIpc) is 3.26. The lowest BCUT2D eigenvalue weighted by Gasteiger charge is -2.56. The summed E-state index contributed by atoms with van der Waals surface area (Å²) in [5.74, 6) is 0.314. The van der Waals surface area contributed by atoms with Gasteiger partial charge in [0.2, 0.25) is 0 Å². The van der Waals surface area contributed by atoms with Crippen LogP contribution >= 0.6 is 15.9 Å². The highest BCUT2D eigenvalue weighted by atomic mass is 79.9. The van der Waals surface area contributed by atoms with Crippen molar-refractivity contribution in [3.05, 3.63) is 45.7 Å². The summed E-state index contributed by atoms with van der Waals surface area (Å²) in [6.07, 6.45) is 6.58. The topological polar surface area (TPSA) is 81.5 Å². The molecule has 0 radical (unpaired) electrons. The van der Waals surface area contributed by atoms with E-state index in [0.29, 0.717) is 23.4 Å². The molecule has 0 saturated heterocycles. The van der Waals surface area contributed by atoms with Gasteiger partial charge in [0.25, 0.3) is 11.8 Å². The van der Waals surface area contributed by atoms with Crippen molar-refractivity contribution in [2.24, 2.45) is 17.8 Å². The molecular weight excluding hydrogens is 474 g/mol. The smallest absolute Gasteiger partial charge is 0.359 e. The maximum atomic E-state index is 13.7. The van der Waals surface area contributed by atoms with E-state index < -0.39 is 17.8 Å². The van der Waals surface area contributed by atoms with E-state index in [1.165, 1.54) is 24.2 Å². The van der Waals surface area contributed by atoms with E-state index in [1.54, 1.807) is 35.9 Å². The van der Waals surface area contributed by atoms with Gasteiger partial charge in [0.1, 0.15) is 11.3 Å². The van der Waals surface area contributed by atoms with Gasteiger partial charge in [-0.25, -0.2) is 9.69 Å². The molecule has 2 aromatic rings. The Bertz CT molecular complexity index is 1120. The van der Waals surface area contributed by atoms with Gasteiger partial charge in [-0.1, -0.05) is 15.9 Å². The van der Waals surface area contributed by atoms with Crippen LogP contribution in [-0.2, 0) is 10.3 Å². The van der Waals surface area contributed by atoms with Crippen LogP contribution in [0.2, 0.25) is 0 Å². The number of aromatic nitrogens is 2. The van der Waals surface area contributed by atoms with Gasteiger partial charge in [-0.05, 0) is 87.5 Å². The third kappa shape index (κ3) is 2.77. The first-order valence-corrected chi connectivity index (χ1v) is 12.1. The van der Waals surface area contributed by atoms with E-state index in [0.717, 1.165) is 23.7 Å². The maximum Gasteiger partial charge on any atom is 0.359 e. The highest BCUT2D eigenvalue weighted by Gasteiger charge is 2.56. The van der Waals surface area contributed by atoms with Gasteiger partial charge >= 0.3 is 5.97 Å². The lowest BCUT2D eigenvalue weighted by Crippen LogP contribution is -2.53. The molecule has 166 valence electrons. The molecule has 7 nitrogen and oxygen atoms in total. The minimum Gasteiger partial charge on any atom is -0.461 e. The Morgan fingerprint density at radius 2 is 1.66 bits per heavy atom. The van der Waals surface area contributed by atoms with Gasteiger partial charge in [0, 0.05) is 4.47 Å². The molecule has 0 atom stereocenters. The van der Waals surface area contributed by atoms with Gasteiger partial charge < -0.3 is 4.74 Å². The average molecular weight is 498 g/mol. The lowest BCUT2D eigenvalue weighted by molar-refractivity contribution is -0.0503. The van der Waals surface area contributed by atoms with Crippen LogP contribution in [0.15, 0.2) is 28.7 Å². The molecule has 0 unspecified atom stereocenters. The number of anilines is 1. The Labute approximate surface area is 194 Å². The molecule has 1 aliphatic heterocycles. The third-order valence-corrected chi connectivity index (χ3v) is 8.25. The number of carbonyl (C=O) groups excluding carboxylic acids is 3. The number of imide groups is 1. The molecule has 1 aromatic carbocycles. The van der Waals surface area contributed by atoms with E-state index in [2.05, 4.69) is 21.0 Å². The second kappa shape index (κ2) is 7.01. The summed E-state index contributed by atoms with van der Waals surface area (Å²) in [7, 11) is 0. The number of benzene rings is 1. The third-order valence-electron chi connectivity index (χ3n) is 7.72. The van der Waals surface area contributed by atoms with Gasteiger partial charge in [-0.15, -0.1) is 0 Å². The number of nitrogens with zero attached hydrogens (tertiary/aromatic N) is 3. The van der Waals surface area contributed by atoms with Crippen molar-refractivity contribution in [3.8, 4) is 0 Å². The number of fused-ring (bicyclic) bond motifs is 1. The number of esters is 1. The van der Waals surface area contributed by atoms with Crippen LogP contribution in [0, 0.1) is 17.8 Å². The lowest BCUT2D eigenvalue weighted by atomic mass is 9.53. The Morgan fingerprint density at radius 1 is 1.06 bits per heavy atom. The monoisotopic (exact) mass is 497 g/mol. The summed E-state index contributed by atoms with van der Waals surface area (Å²) in [6, 6.07) is 7.02. The van der Waals surface area contributed by atoms with Gasteiger partial charge in [0.05, 0.1) is 17.8 Å². The molecule has 2 amide bonds. The summed E-state index contributed by atoms with van der Waals surface area (Å²) in [6.45, 7) is 1.89. The largest absolute Gasteiger partial charge is 0.461 e. The number of halogens is 1. The molecule has 4 aliphatic carbocycles. The van der Waals surface area contributed by atoms with Crippen molar-refractivity contribution in [1.29, 1.82) is 0 Å². The molecular formula is C24H24BrN3O4. The van der Waals surface area contributed by atoms with Crippen molar-refractivity contribution in [3.63, 3.8) is 0 Å². The predicted octanol–water partition coefficient (Wildman–Crippen LogP) is 4.55. The minimum absolute atomic E-state index is 0.0319. The summed E-state index contributed by atoms with van der Waals surface area (Å²) >= 11 is 3.39. The molecule has 7 rings (SSSR count). The quantitative estimate of drug-likeness (QED) is 0.457. The summed E-state index contributed by atoms with van der Waals surface area (Å²) in [5, 5.41) is 4.65. The second-order valence-electron chi connectivity index (χ2n) is 9.77. The molecule has 0 N–H and O–H groups in total. The number of ether oxygens (including phenoxy) is 1. The zero-order chi connectivity index (χ0) is 22.2. The SMILES string of the molecule is CCOC(=O)c1nn(C23CC4CC(CC(C4)C2)C3)c2c1C(=O)N(c1ccc(Br)cc1)C2=O. The van der Waals surface area contributed by atoms with Gasteiger partial charge in [-0.2, -0.15) is 5.10 Å². The fourth-order valence-electron chi connectivity index (χ4n) is 6.96. The van der Waals surface area contributed by atoms with Crippen LogP contribution in [0.25, 0.3) is 0 Å². The number of carbonyl (C=O) groups is 3. The zero-order valence-corrected chi connectivity index (χ0v) is 19.4. The highest BCUT2D eigenvalue weighted by Crippen LogP contribution is 2.59. The van der Waals surface area contributed by atoms with Gasteiger partial charge in [-0.3, -0.25) is 14.3 Å². The van der Waals surface area contributed by atoms with E-state index in [9.17, 15) is 14.4 Å². The molecule has 32 heavy (non-hydrogen) atoms. The minimum atomic E-state index is -0.647. The molecule has 4 fully saturated rings. The number of hydrogen-bond acceptors (Lipinski definition) is 5. The molecule has 1 aromatic heterocycles. The Kier molecular flexibility index (Phi) is 4.41. The maximum absolute atomic E-state index is 13.7. The van der Waals surface area contributed by atoms with Gasteiger partial charge in [0.15, 0.2) is 5.69 Å². The first-order valence-electron chi connectivity index (χ1n) is 11.3. The molecule has 4 saturated carbocycles. The fraction of sp³-hybridized carbons (Fsp3) is 0.500. The van der Waals surface area contributed by atoms with Crippen LogP contribution in [-0.4, -0.2) is 34.2 Å². The fourth-order valence-corrected chi connectivity index (χ4v) is 7.23. The van der Waals surface area contributed by atoms with Crippen LogP contribution in [0.1, 0.15) is 76.8 Å². The number of hydrogen-bond donors (Lipinski definition) is 0. The second-order valence-corrected chi connectivity index (χ2v) is 10.7. The molecule has 8 heteroatoms. The van der Waals surface area contributed by atoms with Crippen molar-refractivity contribution in [2.75, 3.05) is 11.5 Å². The first-order chi connectivity index (χ1) is 15.4. The normalized spacial score (nSPS) is 30.2. The summed E-state index contributed by atoms with van der Waals surface area (Å²) in [5.41, 5.74) is 0.492. The first kappa shape index (κ1) is 20.1. The molecule has 2 heterocycles. The van der Waals surface area contributed by atoms with Crippen LogP contribution < -0.4 is 4.90 Å². The van der Waals surface area contributed by atoms with E-state index in [4.69, 9.17) is 4.74 Å². The summed E-state index contributed by atoms with van der Waals surface area (Å²) in [4.78, 5) is 41.1. The zero-order valence-electron chi connectivity index (χ0n) is 17.8. The van der Waals surface area contributed by atoms with Crippen molar-refractivity contribution in [2.45, 2.75) is 51.0 Å². The predicted molar refractivity (Wildman–Crippen MR) is 120 cm³/mol. The van der Waals surface area contributed by atoms with E-state index in [1.807, 2.05) is 0 Å². The van der Waals surface area contributed by atoms with Crippen LogP contribution in [0.4, 0.5) is 5.69 Å². The Morgan fingerprint density at radius 3 is 2.22 bits per heavy atom. The van der Waals surface area contributed by atoms with Crippen LogP contribution in [0.5, 0.6) is 0 Å².